The summed E-state index contributed by atoms with van der Waals surface area (Å²) in [5, 5.41) is 0. The summed E-state index contributed by atoms with van der Waals surface area (Å²) in [6.45, 7) is 5.80. The van der Waals surface area contributed by atoms with Gasteiger partial charge >= 0.3 is 0 Å². The van der Waals surface area contributed by atoms with Crippen molar-refractivity contribution >= 4 is 11.2 Å². The zero-order valence-electron chi connectivity index (χ0n) is 13.4. The van der Waals surface area contributed by atoms with Crippen molar-refractivity contribution < 1.29 is 0 Å². The fourth-order valence-electron chi connectivity index (χ4n) is 3.93. The maximum absolute atomic E-state index is 4.93. The van der Waals surface area contributed by atoms with Crippen molar-refractivity contribution in [1.29, 1.82) is 0 Å². The molecule has 0 saturated carbocycles. The lowest BCUT2D eigenvalue weighted by Crippen LogP contribution is -2.27. The van der Waals surface area contributed by atoms with Gasteiger partial charge in [0, 0.05) is 19.3 Å². The lowest BCUT2D eigenvalue weighted by atomic mass is 10.2. The number of nitrogens with zero attached hydrogens (tertiary/aromatic N) is 5. The smallest absolute Gasteiger partial charge is 0.160 e. The standard InChI is InChI=1S/C17H25N5/c1-20-9-5-7-15(20)17-19-14-6-4-8-18-16(14)22(17)13-12-21-10-2-3-11-21/h4,6,8,15H,2-3,5,7,9-13H2,1H3. The van der Waals surface area contributed by atoms with Crippen molar-refractivity contribution in [2.45, 2.75) is 38.3 Å². The molecule has 0 radical (unpaired) electrons. The molecule has 0 N–H and O–H groups in total. The van der Waals surface area contributed by atoms with Gasteiger partial charge in [-0.05, 0) is 64.5 Å². The molecule has 5 heteroatoms. The van der Waals surface area contributed by atoms with Crippen LogP contribution in [0, 0.1) is 0 Å². The second kappa shape index (κ2) is 5.97. The number of rotatable bonds is 4. The van der Waals surface area contributed by atoms with E-state index in [-0.39, 0.29) is 0 Å². The van der Waals surface area contributed by atoms with Crippen LogP contribution in [-0.4, -0.2) is 57.6 Å². The molecular weight excluding hydrogens is 274 g/mol. The van der Waals surface area contributed by atoms with E-state index in [2.05, 4.69) is 32.5 Å². The molecule has 0 bridgehead atoms. The third kappa shape index (κ3) is 2.52. The maximum atomic E-state index is 4.93. The normalized spacial score (nSPS) is 23.8. The molecule has 0 aromatic carbocycles. The molecule has 0 amide bonds. The van der Waals surface area contributed by atoms with E-state index in [1.54, 1.807) is 0 Å². The maximum Gasteiger partial charge on any atom is 0.160 e. The summed E-state index contributed by atoms with van der Waals surface area (Å²) < 4.78 is 2.38. The largest absolute Gasteiger partial charge is 0.310 e. The Kier molecular flexibility index (Phi) is 3.84. The van der Waals surface area contributed by atoms with Gasteiger partial charge in [-0.3, -0.25) is 4.90 Å². The van der Waals surface area contributed by atoms with Gasteiger partial charge in [0.25, 0.3) is 0 Å². The number of fused-ring (bicyclic) bond motifs is 1. The molecule has 2 aromatic rings. The average molecular weight is 299 g/mol. The first-order valence-corrected chi connectivity index (χ1v) is 8.57. The number of imidazole rings is 1. The summed E-state index contributed by atoms with van der Waals surface area (Å²) in [5.41, 5.74) is 2.09. The molecule has 2 aromatic heterocycles. The van der Waals surface area contributed by atoms with Crippen LogP contribution in [-0.2, 0) is 6.54 Å². The molecule has 0 spiro atoms. The molecule has 0 aliphatic carbocycles. The lowest BCUT2D eigenvalue weighted by molar-refractivity contribution is 0.286. The van der Waals surface area contributed by atoms with E-state index >= 15 is 0 Å². The highest BCUT2D eigenvalue weighted by atomic mass is 15.2. The summed E-state index contributed by atoms with van der Waals surface area (Å²) in [6.07, 6.45) is 7.06. The van der Waals surface area contributed by atoms with Crippen molar-refractivity contribution in [2.75, 3.05) is 33.2 Å². The first kappa shape index (κ1) is 14.2. The van der Waals surface area contributed by atoms with Gasteiger partial charge in [-0.25, -0.2) is 9.97 Å². The molecule has 1 unspecified atom stereocenters. The van der Waals surface area contributed by atoms with Gasteiger partial charge in [0.2, 0.25) is 0 Å². The predicted octanol–water partition coefficient (Wildman–Crippen LogP) is 2.29. The second-order valence-electron chi connectivity index (χ2n) is 6.66. The Bertz CT molecular complexity index is 644. The monoisotopic (exact) mass is 299 g/mol. The minimum atomic E-state index is 0.452. The zero-order valence-corrected chi connectivity index (χ0v) is 13.4. The molecular formula is C17H25N5. The molecule has 5 nitrogen and oxygen atoms in total. The number of hydrogen-bond donors (Lipinski definition) is 0. The van der Waals surface area contributed by atoms with Gasteiger partial charge in [-0.1, -0.05) is 0 Å². The molecule has 4 rings (SSSR count). The van der Waals surface area contributed by atoms with Gasteiger partial charge in [0.1, 0.15) is 11.3 Å². The van der Waals surface area contributed by atoms with Crippen LogP contribution in [0.15, 0.2) is 18.3 Å². The topological polar surface area (TPSA) is 37.2 Å². The van der Waals surface area contributed by atoms with Gasteiger partial charge < -0.3 is 9.47 Å². The Balaban J connectivity index is 1.66. The van der Waals surface area contributed by atoms with E-state index in [9.17, 15) is 0 Å². The van der Waals surface area contributed by atoms with E-state index < -0.39 is 0 Å². The number of hydrogen-bond acceptors (Lipinski definition) is 4. The Labute approximate surface area is 131 Å². The first-order valence-electron chi connectivity index (χ1n) is 8.57. The Morgan fingerprint density at radius 2 is 2.00 bits per heavy atom. The molecule has 22 heavy (non-hydrogen) atoms. The van der Waals surface area contributed by atoms with Crippen molar-refractivity contribution in [3.8, 4) is 0 Å². The van der Waals surface area contributed by atoms with Crippen LogP contribution >= 0.6 is 0 Å². The summed E-state index contributed by atoms with van der Waals surface area (Å²) in [7, 11) is 2.22. The fraction of sp³-hybridized carbons (Fsp3) is 0.647. The minimum absolute atomic E-state index is 0.452. The van der Waals surface area contributed by atoms with Crippen LogP contribution in [0.1, 0.15) is 37.5 Å². The van der Waals surface area contributed by atoms with E-state index in [0.717, 1.165) is 24.3 Å². The van der Waals surface area contributed by atoms with Crippen LogP contribution in [0.2, 0.25) is 0 Å². The quantitative estimate of drug-likeness (QED) is 0.868. The van der Waals surface area contributed by atoms with Gasteiger partial charge in [0.15, 0.2) is 5.65 Å². The molecule has 2 aliphatic rings. The predicted molar refractivity (Wildman–Crippen MR) is 87.8 cm³/mol. The highest BCUT2D eigenvalue weighted by Gasteiger charge is 2.28. The Morgan fingerprint density at radius 1 is 1.14 bits per heavy atom. The third-order valence-corrected chi connectivity index (χ3v) is 5.19. The van der Waals surface area contributed by atoms with Crippen LogP contribution in [0.5, 0.6) is 0 Å². The highest BCUT2D eigenvalue weighted by molar-refractivity contribution is 5.71. The summed E-state index contributed by atoms with van der Waals surface area (Å²) in [6, 6.07) is 4.53. The van der Waals surface area contributed by atoms with Gasteiger partial charge in [0.05, 0.1) is 6.04 Å². The van der Waals surface area contributed by atoms with Crippen molar-refractivity contribution in [3.05, 3.63) is 24.2 Å². The molecule has 2 saturated heterocycles. The lowest BCUT2D eigenvalue weighted by Gasteiger charge is -2.22. The van der Waals surface area contributed by atoms with Gasteiger partial charge in [-0.2, -0.15) is 0 Å². The molecule has 2 aliphatic heterocycles. The summed E-state index contributed by atoms with van der Waals surface area (Å²) in [5.74, 6) is 1.22. The van der Waals surface area contributed by atoms with Crippen LogP contribution in [0.25, 0.3) is 11.2 Å². The van der Waals surface area contributed by atoms with E-state index in [0.29, 0.717) is 6.04 Å². The molecule has 2 fully saturated rings. The van der Waals surface area contributed by atoms with E-state index in [1.165, 1.54) is 51.1 Å². The molecule has 4 heterocycles. The fourth-order valence-corrected chi connectivity index (χ4v) is 3.93. The number of aromatic nitrogens is 3. The summed E-state index contributed by atoms with van der Waals surface area (Å²) >= 11 is 0. The SMILES string of the molecule is CN1CCCC1c1nc2cccnc2n1CCN1CCCC1. The average Bonchev–Trinajstić information content (AvgIpc) is 3.24. The van der Waals surface area contributed by atoms with E-state index in [4.69, 9.17) is 4.98 Å². The van der Waals surface area contributed by atoms with Crippen LogP contribution in [0.3, 0.4) is 0 Å². The Hall–Kier alpha value is -1.46. The number of likely N-dealkylation sites (tertiary alicyclic amines) is 2. The van der Waals surface area contributed by atoms with E-state index in [1.807, 2.05) is 12.3 Å². The molecule has 1 atom stereocenters. The number of pyridine rings is 1. The Morgan fingerprint density at radius 3 is 2.77 bits per heavy atom. The molecule has 118 valence electrons. The minimum Gasteiger partial charge on any atom is -0.310 e. The zero-order chi connectivity index (χ0) is 14.9. The van der Waals surface area contributed by atoms with Crippen molar-refractivity contribution in [1.82, 2.24) is 24.3 Å². The van der Waals surface area contributed by atoms with Crippen LogP contribution in [0.4, 0.5) is 0 Å². The second-order valence-corrected chi connectivity index (χ2v) is 6.66. The van der Waals surface area contributed by atoms with Crippen molar-refractivity contribution in [3.63, 3.8) is 0 Å². The first-order chi connectivity index (χ1) is 10.8. The van der Waals surface area contributed by atoms with Gasteiger partial charge in [-0.15, -0.1) is 0 Å². The third-order valence-electron chi connectivity index (χ3n) is 5.19. The highest BCUT2D eigenvalue weighted by Crippen LogP contribution is 2.31. The van der Waals surface area contributed by atoms with Crippen LogP contribution < -0.4 is 0 Å². The summed E-state index contributed by atoms with van der Waals surface area (Å²) in [4.78, 5) is 14.5. The van der Waals surface area contributed by atoms with Crippen molar-refractivity contribution in [2.24, 2.45) is 0 Å².